The van der Waals surface area contributed by atoms with Gasteiger partial charge < -0.3 is 10.6 Å². The Bertz CT molecular complexity index is 932. The smallest absolute Gasteiger partial charge is 0.253 e. The van der Waals surface area contributed by atoms with Crippen LogP contribution in [0.3, 0.4) is 0 Å². The zero-order valence-electron chi connectivity index (χ0n) is 14.0. The predicted octanol–water partition coefficient (Wildman–Crippen LogP) is 5.69. The minimum absolute atomic E-state index is 0.313. The number of fused-ring (bicyclic) bond motifs is 1. The van der Waals surface area contributed by atoms with Gasteiger partial charge in [-0.05, 0) is 30.0 Å². The highest BCUT2D eigenvalue weighted by Gasteiger charge is 2.34. The van der Waals surface area contributed by atoms with Crippen molar-refractivity contribution in [3.63, 3.8) is 0 Å². The van der Waals surface area contributed by atoms with Crippen molar-refractivity contribution in [3.8, 4) is 0 Å². The van der Waals surface area contributed by atoms with Crippen LogP contribution >= 0.6 is 34.8 Å². The lowest BCUT2D eigenvalue weighted by Gasteiger charge is -2.28. The fourth-order valence-electron chi connectivity index (χ4n) is 2.74. The van der Waals surface area contributed by atoms with Crippen molar-refractivity contribution < 1.29 is 4.79 Å². The molecule has 0 saturated carbocycles. The maximum absolute atomic E-state index is 12.6. The lowest BCUT2D eigenvalue weighted by Crippen LogP contribution is -2.49. The van der Waals surface area contributed by atoms with Crippen molar-refractivity contribution in [3.05, 3.63) is 77.9 Å². The summed E-state index contributed by atoms with van der Waals surface area (Å²) in [6.07, 6.45) is -0.912. The molecule has 0 saturated heterocycles. The number of hydrogen-bond acceptors (Lipinski definition) is 2. The van der Waals surface area contributed by atoms with Crippen molar-refractivity contribution >= 4 is 57.2 Å². The topological polar surface area (TPSA) is 41.1 Å². The van der Waals surface area contributed by atoms with Gasteiger partial charge in [0.2, 0.25) is 3.79 Å². The number of nitrogens with one attached hydrogen (secondary N) is 2. The molecule has 0 heterocycles. The molecule has 2 N–H and O–H groups in total. The molecule has 0 unspecified atom stereocenters. The van der Waals surface area contributed by atoms with Crippen LogP contribution in [0.15, 0.2) is 66.7 Å². The molecule has 0 aliphatic rings. The number of amides is 1. The number of hydrogen-bond donors (Lipinski definition) is 2. The summed E-state index contributed by atoms with van der Waals surface area (Å²) < 4.78 is -1.74. The molecule has 0 aromatic heterocycles. The van der Waals surface area contributed by atoms with Crippen molar-refractivity contribution in [2.45, 2.75) is 16.9 Å². The van der Waals surface area contributed by atoms with E-state index in [9.17, 15) is 4.79 Å². The van der Waals surface area contributed by atoms with Crippen LogP contribution in [0.1, 0.15) is 15.9 Å². The minimum Gasteiger partial charge on any atom is -0.361 e. The number of alkyl halides is 3. The van der Waals surface area contributed by atoms with E-state index in [0.717, 1.165) is 22.0 Å². The second kappa shape index (κ2) is 7.75. The number of carbonyl (C=O) groups is 1. The van der Waals surface area contributed by atoms with Gasteiger partial charge in [-0.1, -0.05) is 89.4 Å². The van der Waals surface area contributed by atoms with Crippen molar-refractivity contribution in [1.82, 2.24) is 5.32 Å². The first-order valence-corrected chi connectivity index (χ1v) is 9.17. The molecule has 0 spiro atoms. The average Bonchev–Trinajstić information content (AvgIpc) is 2.61. The summed E-state index contributed by atoms with van der Waals surface area (Å²) in [5.41, 5.74) is 2.15. The molecule has 1 atom stereocenters. The molecule has 26 heavy (non-hydrogen) atoms. The molecule has 3 nitrogen and oxygen atoms in total. The maximum Gasteiger partial charge on any atom is 0.253 e. The molecule has 3 rings (SSSR count). The summed E-state index contributed by atoms with van der Waals surface area (Å²) in [6, 6.07) is 20.9. The Morgan fingerprint density at radius 1 is 0.923 bits per heavy atom. The van der Waals surface area contributed by atoms with Crippen LogP contribution in [-0.2, 0) is 0 Å². The number of aryl methyl sites for hydroxylation is 1. The van der Waals surface area contributed by atoms with Gasteiger partial charge >= 0.3 is 0 Å². The molecule has 1 amide bonds. The normalized spacial score (nSPS) is 12.6. The van der Waals surface area contributed by atoms with Gasteiger partial charge in [-0.3, -0.25) is 4.79 Å². The van der Waals surface area contributed by atoms with Crippen molar-refractivity contribution in [2.75, 3.05) is 5.32 Å². The summed E-state index contributed by atoms with van der Waals surface area (Å²) in [6.45, 7) is 1.86. The highest BCUT2D eigenvalue weighted by Crippen LogP contribution is 2.33. The van der Waals surface area contributed by atoms with E-state index in [4.69, 9.17) is 34.8 Å². The Balaban J connectivity index is 1.90. The third-order valence-electron chi connectivity index (χ3n) is 4.08. The highest BCUT2D eigenvalue weighted by molar-refractivity contribution is 6.68. The molecule has 0 radical (unpaired) electrons. The summed E-state index contributed by atoms with van der Waals surface area (Å²) in [7, 11) is 0. The molecule has 134 valence electrons. The van der Waals surface area contributed by atoms with Crippen molar-refractivity contribution in [2.24, 2.45) is 0 Å². The first-order chi connectivity index (χ1) is 12.4. The van der Waals surface area contributed by atoms with E-state index in [0.29, 0.717) is 5.56 Å². The second-order valence-electron chi connectivity index (χ2n) is 5.93. The SMILES string of the molecule is Cc1ccccc1C(=O)N[C@@H](Nc1cccc2ccccc12)C(Cl)(Cl)Cl. The standard InChI is InChI=1S/C20H17Cl3N2O/c1-13-7-2-4-10-15(13)18(26)25-19(20(21,22)23)24-17-12-6-9-14-8-3-5-11-16(14)17/h2-12,19,24H,1H3,(H,25,26)/t19-/m1/s1. The summed E-state index contributed by atoms with van der Waals surface area (Å²) >= 11 is 18.4. The maximum atomic E-state index is 12.6. The Hall–Kier alpha value is -1.94. The monoisotopic (exact) mass is 406 g/mol. The Morgan fingerprint density at radius 2 is 1.58 bits per heavy atom. The molecular weight excluding hydrogens is 391 g/mol. The molecule has 3 aromatic rings. The number of halogens is 3. The zero-order valence-corrected chi connectivity index (χ0v) is 16.2. The quantitative estimate of drug-likeness (QED) is 0.431. The first-order valence-electron chi connectivity index (χ1n) is 8.04. The van der Waals surface area contributed by atoms with Crippen LogP contribution in [0.25, 0.3) is 10.8 Å². The van der Waals surface area contributed by atoms with E-state index in [1.807, 2.05) is 61.5 Å². The van der Waals surface area contributed by atoms with Crippen LogP contribution in [0, 0.1) is 6.92 Å². The van der Waals surface area contributed by atoms with E-state index in [1.54, 1.807) is 12.1 Å². The van der Waals surface area contributed by atoms with Crippen LogP contribution in [0.5, 0.6) is 0 Å². The Labute approximate surface area is 167 Å². The Morgan fingerprint density at radius 3 is 2.31 bits per heavy atom. The van der Waals surface area contributed by atoms with Gasteiger partial charge in [-0.25, -0.2) is 0 Å². The molecular formula is C20H17Cl3N2O. The number of anilines is 1. The van der Waals surface area contributed by atoms with Gasteiger partial charge in [0.25, 0.3) is 5.91 Å². The van der Waals surface area contributed by atoms with E-state index >= 15 is 0 Å². The van der Waals surface area contributed by atoms with Gasteiger partial charge in [-0.2, -0.15) is 0 Å². The highest BCUT2D eigenvalue weighted by atomic mass is 35.6. The summed E-state index contributed by atoms with van der Waals surface area (Å²) in [5.74, 6) is -0.313. The second-order valence-corrected chi connectivity index (χ2v) is 8.30. The fraction of sp³-hybridized carbons (Fsp3) is 0.150. The molecule has 0 fully saturated rings. The van der Waals surface area contributed by atoms with E-state index in [2.05, 4.69) is 10.6 Å². The van der Waals surface area contributed by atoms with Crippen LogP contribution in [0.2, 0.25) is 0 Å². The lowest BCUT2D eigenvalue weighted by molar-refractivity contribution is 0.0941. The Kier molecular flexibility index (Phi) is 5.61. The van der Waals surface area contributed by atoms with Gasteiger partial charge in [0.15, 0.2) is 0 Å². The largest absolute Gasteiger partial charge is 0.361 e. The average molecular weight is 408 g/mol. The predicted molar refractivity (Wildman–Crippen MR) is 110 cm³/mol. The molecule has 6 heteroatoms. The van der Waals surface area contributed by atoms with Crippen LogP contribution in [-0.4, -0.2) is 15.9 Å². The van der Waals surface area contributed by atoms with Crippen LogP contribution in [0.4, 0.5) is 5.69 Å². The van der Waals surface area contributed by atoms with E-state index in [-0.39, 0.29) is 5.91 Å². The number of benzene rings is 3. The summed E-state index contributed by atoms with van der Waals surface area (Å²) in [5, 5.41) is 7.95. The zero-order chi connectivity index (χ0) is 18.7. The third-order valence-corrected chi connectivity index (χ3v) is 4.74. The molecule has 0 aliphatic carbocycles. The molecule has 0 bridgehead atoms. The number of rotatable bonds is 4. The van der Waals surface area contributed by atoms with Gasteiger partial charge in [-0.15, -0.1) is 0 Å². The molecule has 0 aliphatic heterocycles. The van der Waals surface area contributed by atoms with Gasteiger partial charge in [0, 0.05) is 16.6 Å². The number of carbonyl (C=O) groups excluding carboxylic acids is 1. The lowest BCUT2D eigenvalue weighted by atomic mass is 10.1. The van der Waals surface area contributed by atoms with Gasteiger partial charge in [0.05, 0.1) is 0 Å². The van der Waals surface area contributed by atoms with Gasteiger partial charge in [0.1, 0.15) is 6.17 Å². The van der Waals surface area contributed by atoms with E-state index < -0.39 is 9.96 Å². The minimum atomic E-state index is -1.74. The van der Waals surface area contributed by atoms with Crippen LogP contribution < -0.4 is 10.6 Å². The van der Waals surface area contributed by atoms with Crippen molar-refractivity contribution in [1.29, 1.82) is 0 Å². The third kappa shape index (κ3) is 4.24. The van der Waals surface area contributed by atoms with E-state index in [1.165, 1.54) is 0 Å². The molecule has 3 aromatic carbocycles. The fourth-order valence-corrected chi connectivity index (χ4v) is 3.07. The summed E-state index contributed by atoms with van der Waals surface area (Å²) in [4.78, 5) is 12.6. The first kappa shape index (κ1) is 18.8.